The number of carbonyl (C=O) groups excluding carboxylic acids is 1. The number of hydrogen-bond acceptors (Lipinski definition) is 5. The highest BCUT2D eigenvalue weighted by Crippen LogP contribution is 2.29. The Morgan fingerprint density at radius 1 is 1.44 bits per heavy atom. The minimum Gasteiger partial charge on any atom is -0.508 e. The smallest absolute Gasteiger partial charge is 0.341 e. The van der Waals surface area contributed by atoms with Crippen molar-refractivity contribution >= 4 is 5.97 Å². The van der Waals surface area contributed by atoms with Gasteiger partial charge in [0.1, 0.15) is 17.1 Å². The van der Waals surface area contributed by atoms with E-state index in [-0.39, 0.29) is 17.1 Å². The van der Waals surface area contributed by atoms with E-state index in [0.717, 1.165) is 19.4 Å². The van der Waals surface area contributed by atoms with Gasteiger partial charge in [-0.3, -0.25) is 0 Å². The van der Waals surface area contributed by atoms with Crippen molar-refractivity contribution in [3.05, 3.63) is 23.3 Å². The van der Waals surface area contributed by atoms with Gasteiger partial charge in [0.2, 0.25) is 0 Å². The minimum atomic E-state index is -0.604. The number of methoxy groups -OCH3 is 1. The van der Waals surface area contributed by atoms with Crippen molar-refractivity contribution in [3.63, 3.8) is 0 Å². The van der Waals surface area contributed by atoms with E-state index in [1.165, 1.54) is 19.2 Å². The first kappa shape index (κ1) is 12.7. The molecule has 1 saturated heterocycles. The summed E-state index contributed by atoms with van der Waals surface area (Å²) in [6.07, 6.45) is 2.80. The van der Waals surface area contributed by atoms with Crippen LogP contribution in [0.3, 0.4) is 0 Å². The predicted molar refractivity (Wildman–Crippen MR) is 65.8 cm³/mol. The molecule has 3 N–H and O–H groups in total. The minimum absolute atomic E-state index is 0.00820. The molecule has 1 atom stereocenters. The average molecular weight is 251 g/mol. The fourth-order valence-electron chi connectivity index (χ4n) is 2.26. The van der Waals surface area contributed by atoms with Gasteiger partial charge in [-0.2, -0.15) is 0 Å². The quantitative estimate of drug-likeness (QED) is 0.703. The highest BCUT2D eigenvalue weighted by atomic mass is 16.5. The molecule has 1 aromatic carbocycles. The number of rotatable bonds is 3. The molecule has 1 aliphatic heterocycles. The van der Waals surface area contributed by atoms with E-state index in [2.05, 4.69) is 10.1 Å². The van der Waals surface area contributed by atoms with E-state index in [9.17, 15) is 15.0 Å². The molecule has 1 heterocycles. The molecular weight excluding hydrogens is 234 g/mol. The molecule has 1 aliphatic rings. The number of nitrogens with one attached hydrogen (secondary N) is 1. The van der Waals surface area contributed by atoms with Gasteiger partial charge < -0.3 is 20.3 Å². The number of aromatic hydroxyl groups is 2. The van der Waals surface area contributed by atoms with Crippen LogP contribution >= 0.6 is 0 Å². The van der Waals surface area contributed by atoms with Gasteiger partial charge in [0.25, 0.3) is 0 Å². The third-order valence-corrected chi connectivity index (χ3v) is 3.23. The lowest BCUT2D eigenvalue weighted by molar-refractivity contribution is 0.0597. The Labute approximate surface area is 105 Å². The number of benzene rings is 1. The van der Waals surface area contributed by atoms with Crippen LogP contribution in [0.4, 0.5) is 0 Å². The average Bonchev–Trinajstić information content (AvgIpc) is 2.84. The molecule has 1 fully saturated rings. The molecule has 0 radical (unpaired) electrons. The summed E-state index contributed by atoms with van der Waals surface area (Å²) in [4.78, 5) is 11.5. The third kappa shape index (κ3) is 2.56. The van der Waals surface area contributed by atoms with Crippen LogP contribution in [0.1, 0.15) is 28.8 Å². The van der Waals surface area contributed by atoms with E-state index in [1.807, 2.05) is 0 Å². The summed E-state index contributed by atoms with van der Waals surface area (Å²) in [5.74, 6) is -0.857. The molecule has 0 amide bonds. The Morgan fingerprint density at radius 3 is 2.83 bits per heavy atom. The highest BCUT2D eigenvalue weighted by Gasteiger charge is 2.20. The van der Waals surface area contributed by atoms with Gasteiger partial charge in [-0.1, -0.05) is 0 Å². The topological polar surface area (TPSA) is 78.8 Å². The maximum Gasteiger partial charge on any atom is 0.341 e. The molecule has 0 spiro atoms. The second kappa shape index (κ2) is 5.27. The molecule has 1 unspecified atom stereocenters. The normalized spacial score (nSPS) is 18.8. The number of phenolic OH excluding ortho intramolecular Hbond substituents is 2. The molecule has 18 heavy (non-hydrogen) atoms. The summed E-state index contributed by atoms with van der Waals surface area (Å²) in [6, 6.07) is 3.00. The molecule has 0 aromatic heterocycles. The predicted octanol–water partition coefficient (Wildman–Crippen LogP) is 1.18. The van der Waals surface area contributed by atoms with Gasteiger partial charge in [0.05, 0.1) is 7.11 Å². The first-order valence-electron chi connectivity index (χ1n) is 5.98. The lowest BCUT2D eigenvalue weighted by atomic mass is 10.0. The summed E-state index contributed by atoms with van der Waals surface area (Å²) in [6.45, 7) is 0.980. The highest BCUT2D eigenvalue weighted by molar-refractivity contribution is 5.92. The van der Waals surface area contributed by atoms with Crippen LogP contribution in [-0.4, -0.2) is 35.9 Å². The molecule has 0 saturated carbocycles. The monoisotopic (exact) mass is 251 g/mol. The van der Waals surface area contributed by atoms with Gasteiger partial charge in [0, 0.05) is 12.1 Å². The van der Waals surface area contributed by atoms with Crippen molar-refractivity contribution in [2.45, 2.75) is 25.3 Å². The molecule has 5 nitrogen and oxygen atoms in total. The maximum absolute atomic E-state index is 11.5. The largest absolute Gasteiger partial charge is 0.508 e. The SMILES string of the molecule is COC(=O)c1cc(CC2CCCN2)c(O)cc1O. The number of hydrogen-bond donors (Lipinski definition) is 3. The van der Waals surface area contributed by atoms with Crippen LogP contribution in [0, 0.1) is 0 Å². The fraction of sp³-hybridized carbons (Fsp3) is 0.462. The number of carbonyl (C=O) groups is 1. The summed E-state index contributed by atoms with van der Waals surface area (Å²) in [5.41, 5.74) is 0.732. The Hall–Kier alpha value is -1.75. The summed E-state index contributed by atoms with van der Waals surface area (Å²) >= 11 is 0. The van der Waals surface area contributed by atoms with E-state index < -0.39 is 5.97 Å². The van der Waals surface area contributed by atoms with E-state index in [0.29, 0.717) is 18.0 Å². The maximum atomic E-state index is 11.5. The van der Waals surface area contributed by atoms with Crippen molar-refractivity contribution in [2.24, 2.45) is 0 Å². The first-order valence-corrected chi connectivity index (χ1v) is 5.98. The zero-order valence-electron chi connectivity index (χ0n) is 10.3. The Bertz CT molecular complexity index is 453. The number of ether oxygens (including phenoxy) is 1. The van der Waals surface area contributed by atoms with E-state index in [4.69, 9.17) is 0 Å². The van der Waals surface area contributed by atoms with Crippen molar-refractivity contribution in [2.75, 3.05) is 13.7 Å². The van der Waals surface area contributed by atoms with Gasteiger partial charge >= 0.3 is 5.97 Å². The van der Waals surface area contributed by atoms with Crippen LogP contribution in [0.15, 0.2) is 12.1 Å². The second-order valence-corrected chi connectivity index (χ2v) is 4.49. The van der Waals surface area contributed by atoms with Crippen molar-refractivity contribution in [3.8, 4) is 11.5 Å². The molecule has 5 heteroatoms. The molecule has 0 aliphatic carbocycles. The Morgan fingerprint density at radius 2 is 2.22 bits per heavy atom. The van der Waals surface area contributed by atoms with Crippen LogP contribution in [0.2, 0.25) is 0 Å². The number of phenols is 2. The molecule has 1 aromatic rings. The first-order chi connectivity index (χ1) is 8.61. The Balaban J connectivity index is 2.25. The van der Waals surface area contributed by atoms with Crippen LogP contribution in [-0.2, 0) is 11.2 Å². The van der Waals surface area contributed by atoms with Gasteiger partial charge in [0.15, 0.2) is 0 Å². The third-order valence-electron chi connectivity index (χ3n) is 3.23. The molecule has 2 rings (SSSR count). The van der Waals surface area contributed by atoms with Crippen LogP contribution < -0.4 is 5.32 Å². The molecule has 98 valence electrons. The van der Waals surface area contributed by atoms with Gasteiger partial charge in [-0.05, 0) is 37.4 Å². The van der Waals surface area contributed by atoms with Crippen molar-refractivity contribution in [1.82, 2.24) is 5.32 Å². The number of esters is 1. The fourth-order valence-corrected chi connectivity index (χ4v) is 2.26. The lowest BCUT2D eigenvalue weighted by Gasteiger charge is -2.13. The van der Waals surface area contributed by atoms with Crippen LogP contribution in [0.5, 0.6) is 11.5 Å². The zero-order chi connectivity index (χ0) is 13.1. The summed E-state index contributed by atoms with van der Waals surface area (Å²) < 4.78 is 4.59. The lowest BCUT2D eigenvalue weighted by Crippen LogP contribution is -2.23. The summed E-state index contributed by atoms with van der Waals surface area (Å²) in [5, 5.41) is 22.7. The summed E-state index contributed by atoms with van der Waals surface area (Å²) in [7, 11) is 1.26. The second-order valence-electron chi connectivity index (χ2n) is 4.49. The molecule has 0 bridgehead atoms. The van der Waals surface area contributed by atoms with Crippen LogP contribution in [0.25, 0.3) is 0 Å². The zero-order valence-corrected chi connectivity index (χ0v) is 10.3. The Kier molecular flexibility index (Phi) is 3.72. The standard InChI is InChI=1S/C13H17NO4/c1-18-13(17)10-6-8(11(15)7-12(10)16)5-9-3-2-4-14-9/h6-7,9,14-16H,2-5H2,1H3. The van der Waals surface area contributed by atoms with Gasteiger partial charge in [-0.15, -0.1) is 0 Å². The van der Waals surface area contributed by atoms with Crippen molar-refractivity contribution < 1.29 is 19.7 Å². The molecular formula is C13H17NO4. The van der Waals surface area contributed by atoms with E-state index >= 15 is 0 Å². The van der Waals surface area contributed by atoms with Crippen molar-refractivity contribution in [1.29, 1.82) is 0 Å². The van der Waals surface area contributed by atoms with Gasteiger partial charge in [-0.25, -0.2) is 4.79 Å². The van der Waals surface area contributed by atoms with E-state index in [1.54, 1.807) is 0 Å².